The van der Waals surface area contributed by atoms with Crippen LogP contribution in [0.25, 0.3) is 0 Å². The number of hydrogen-bond donors (Lipinski definition) is 2. The number of alkyl halides is 2. The molecule has 0 bridgehead atoms. The van der Waals surface area contributed by atoms with Crippen LogP contribution in [-0.4, -0.2) is 42.6 Å². The lowest BCUT2D eigenvalue weighted by Gasteiger charge is -2.34. The second kappa shape index (κ2) is 5.95. The molecule has 3 nitrogen and oxygen atoms in total. The number of halogens is 3. The van der Waals surface area contributed by atoms with E-state index in [1.807, 2.05) is 0 Å². The van der Waals surface area contributed by atoms with Crippen LogP contribution in [0.3, 0.4) is 0 Å². The normalized spacial score (nSPS) is 19.1. The third-order valence-corrected chi connectivity index (χ3v) is 3.59. The van der Waals surface area contributed by atoms with Crippen LogP contribution in [0.1, 0.15) is 11.6 Å². The van der Waals surface area contributed by atoms with Crippen LogP contribution in [0.4, 0.5) is 8.78 Å². The molecule has 100 valence electrons. The number of phenolic OH excluding ortho intramolecular Hbond substituents is 1. The Labute approximate surface area is 113 Å². The van der Waals surface area contributed by atoms with E-state index in [2.05, 4.69) is 21.2 Å². The zero-order chi connectivity index (χ0) is 13.1. The molecule has 0 aliphatic carbocycles. The van der Waals surface area contributed by atoms with E-state index < -0.39 is 12.5 Å². The van der Waals surface area contributed by atoms with Crippen LogP contribution >= 0.6 is 15.9 Å². The van der Waals surface area contributed by atoms with Gasteiger partial charge in [-0.2, -0.15) is 0 Å². The lowest BCUT2D eigenvalue weighted by atomic mass is 10.0. The van der Waals surface area contributed by atoms with Gasteiger partial charge in [-0.3, -0.25) is 4.90 Å². The molecule has 18 heavy (non-hydrogen) atoms. The third kappa shape index (κ3) is 2.99. The van der Waals surface area contributed by atoms with Gasteiger partial charge in [0.2, 0.25) is 0 Å². The second-order valence-electron chi connectivity index (χ2n) is 4.27. The van der Waals surface area contributed by atoms with Crippen molar-refractivity contribution in [2.24, 2.45) is 0 Å². The standard InChI is InChI=1S/C12H15BrF2N2O/c13-8-1-2-9(10(18)7-8)11(12(14)15)17-5-3-16-4-6-17/h1-2,7,11-12,16,18H,3-6H2/t11-/m0/s1. The van der Waals surface area contributed by atoms with Gasteiger partial charge in [0.1, 0.15) is 5.75 Å². The first-order valence-electron chi connectivity index (χ1n) is 5.81. The van der Waals surface area contributed by atoms with Crippen LogP contribution in [0.15, 0.2) is 22.7 Å². The molecule has 2 rings (SSSR count). The molecule has 0 aromatic heterocycles. The molecule has 1 aliphatic rings. The Morgan fingerprint density at radius 3 is 2.50 bits per heavy atom. The largest absolute Gasteiger partial charge is 0.508 e. The number of benzene rings is 1. The number of nitrogens with zero attached hydrogens (tertiary/aromatic N) is 1. The molecule has 2 N–H and O–H groups in total. The van der Waals surface area contributed by atoms with Crippen molar-refractivity contribution in [3.63, 3.8) is 0 Å². The quantitative estimate of drug-likeness (QED) is 0.897. The van der Waals surface area contributed by atoms with Crippen LogP contribution in [-0.2, 0) is 0 Å². The minimum absolute atomic E-state index is 0.0896. The van der Waals surface area contributed by atoms with Gasteiger partial charge < -0.3 is 10.4 Å². The summed E-state index contributed by atoms with van der Waals surface area (Å²) in [5.41, 5.74) is 0.287. The average Bonchev–Trinajstić information content (AvgIpc) is 2.33. The summed E-state index contributed by atoms with van der Waals surface area (Å²) in [6, 6.07) is 3.64. The molecule has 0 radical (unpaired) electrons. The number of hydrogen-bond acceptors (Lipinski definition) is 3. The monoisotopic (exact) mass is 320 g/mol. The van der Waals surface area contributed by atoms with E-state index >= 15 is 0 Å². The Morgan fingerprint density at radius 1 is 1.28 bits per heavy atom. The lowest BCUT2D eigenvalue weighted by molar-refractivity contribution is 0.0170. The van der Waals surface area contributed by atoms with Gasteiger partial charge in [0.15, 0.2) is 0 Å². The highest BCUT2D eigenvalue weighted by Crippen LogP contribution is 2.35. The SMILES string of the molecule is Oc1cc(Br)ccc1[C@@H](C(F)F)N1CCNCC1. The summed E-state index contributed by atoms with van der Waals surface area (Å²) >= 11 is 3.21. The molecule has 1 aromatic carbocycles. The molecular weight excluding hydrogens is 306 g/mol. The topological polar surface area (TPSA) is 35.5 Å². The van der Waals surface area contributed by atoms with Gasteiger partial charge in [0.25, 0.3) is 6.43 Å². The molecular formula is C12H15BrF2N2O. The summed E-state index contributed by atoms with van der Waals surface area (Å²) in [5.74, 6) is -0.0896. The van der Waals surface area contributed by atoms with Crippen LogP contribution in [0, 0.1) is 0 Å². The van der Waals surface area contributed by atoms with E-state index in [9.17, 15) is 13.9 Å². The fourth-order valence-corrected chi connectivity index (χ4v) is 2.57. The van der Waals surface area contributed by atoms with Crippen molar-refractivity contribution >= 4 is 15.9 Å². The van der Waals surface area contributed by atoms with Crippen molar-refractivity contribution in [1.29, 1.82) is 0 Å². The summed E-state index contributed by atoms with van der Waals surface area (Å²) in [7, 11) is 0. The van der Waals surface area contributed by atoms with Crippen molar-refractivity contribution in [3.8, 4) is 5.75 Å². The Kier molecular flexibility index (Phi) is 4.53. The van der Waals surface area contributed by atoms with E-state index in [0.717, 1.165) is 0 Å². The van der Waals surface area contributed by atoms with E-state index in [1.54, 1.807) is 17.0 Å². The van der Waals surface area contributed by atoms with E-state index in [0.29, 0.717) is 30.7 Å². The number of phenols is 1. The zero-order valence-electron chi connectivity index (χ0n) is 9.74. The summed E-state index contributed by atoms with van der Waals surface area (Å²) < 4.78 is 27.2. The molecule has 1 atom stereocenters. The maximum Gasteiger partial charge on any atom is 0.258 e. The summed E-state index contributed by atoms with van der Waals surface area (Å²) in [4.78, 5) is 1.71. The number of rotatable bonds is 3. The van der Waals surface area contributed by atoms with Gasteiger partial charge in [0.05, 0.1) is 6.04 Å². The van der Waals surface area contributed by atoms with Gasteiger partial charge in [0, 0.05) is 36.2 Å². The smallest absolute Gasteiger partial charge is 0.258 e. The summed E-state index contributed by atoms with van der Waals surface area (Å²) in [6.07, 6.45) is -2.52. The zero-order valence-corrected chi connectivity index (χ0v) is 11.3. The first kappa shape index (κ1) is 13.7. The van der Waals surface area contributed by atoms with Crippen molar-refractivity contribution in [2.75, 3.05) is 26.2 Å². The lowest BCUT2D eigenvalue weighted by Crippen LogP contribution is -2.46. The third-order valence-electron chi connectivity index (χ3n) is 3.09. The van der Waals surface area contributed by atoms with Crippen molar-refractivity contribution in [2.45, 2.75) is 12.5 Å². The fraction of sp³-hybridized carbons (Fsp3) is 0.500. The fourth-order valence-electron chi connectivity index (χ4n) is 2.22. The summed E-state index contributed by atoms with van der Waals surface area (Å²) in [5, 5.41) is 13.0. The summed E-state index contributed by atoms with van der Waals surface area (Å²) in [6.45, 7) is 2.51. The van der Waals surface area contributed by atoms with Crippen molar-refractivity contribution in [1.82, 2.24) is 10.2 Å². The van der Waals surface area contributed by atoms with Gasteiger partial charge in [-0.25, -0.2) is 8.78 Å². The molecule has 0 unspecified atom stereocenters. The first-order chi connectivity index (χ1) is 8.59. The molecule has 6 heteroatoms. The van der Waals surface area contributed by atoms with E-state index in [-0.39, 0.29) is 11.3 Å². The maximum absolute atomic E-state index is 13.3. The van der Waals surface area contributed by atoms with E-state index in [4.69, 9.17) is 0 Å². The minimum Gasteiger partial charge on any atom is -0.508 e. The highest BCUT2D eigenvalue weighted by atomic mass is 79.9. The Bertz CT molecular complexity index is 411. The molecule has 0 saturated carbocycles. The molecule has 1 fully saturated rings. The number of aromatic hydroxyl groups is 1. The molecule has 1 saturated heterocycles. The predicted octanol–water partition coefficient (Wildman–Crippen LogP) is 2.37. The highest BCUT2D eigenvalue weighted by molar-refractivity contribution is 9.10. The highest BCUT2D eigenvalue weighted by Gasteiger charge is 2.31. The van der Waals surface area contributed by atoms with Crippen LogP contribution in [0.5, 0.6) is 5.75 Å². The van der Waals surface area contributed by atoms with Gasteiger partial charge >= 0.3 is 0 Å². The van der Waals surface area contributed by atoms with E-state index in [1.165, 1.54) is 6.07 Å². The number of piperazine rings is 1. The van der Waals surface area contributed by atoms with Crippen molar-refractivity contribution in [3.05, 3.63) is 28.2 Å². The Morgan fingerprint density at radius 2 is 1.94 bits per heavy atom. The van der Waals surface area contributed by atoms with Crippen LogP contribution < -0.4 is 5.32 Å². The van der Waals surface area contributed by atoms with Crippen molar-refractivity contribution < 1.29 is 13.9 Å². The first-order valence-corrected chi connectivity index (χ1v) is 6.60. The van der Waals surface area contributed by atoms with Crippen LogP contribution in [0.2, 0.25) is 0 Å². The average molecular weight is 321 g/mol. The van der Waals surface area contributed by atoms with Gasteiger partial charge in [-0.05, 0) is 12.1 Å². The number of nitrogens with one attached hydrogen (secondary N) is 1. The second-order valence-corrected chi connectivity index (χ2v) is 5.18. The molecule has 1 aliphatic heterocycles. The molecule has 0 amide bonds. The maximum atomic E-state index is 13.3. The molecule has 0 spiro atoms. The Balaban J connectivity index is 2.28. The molecule has 1 heterocycles. The van der Waals surface area contributed by atoms with Gasteiger partial charge in [-0.15, -0.1) is 0 Å². The predicted molar refractivity (Wildman–Crippen MR) is 69.0 cm³/mol. The Hall–Kier alpha value is -0.720. The minimum atomic E-state index is -2.52. The van der Waals surface area contributed by atoms with Gasteiger partial charge in [-0.1, -0.05) is 22.0 Å². The molecule has 1 aromatic rings.